The molecule has 2 aliphatic rings. The molecule has 1 N–H and O–H groups in total. The number of carboxylic acids is 4. The minimum absolute atomic E-state index is 0. The summed E-state index contributed by atoms with van der Waals surface area (Å²) in [5, 5.41) is 60.5. The summed E-state index contributed by atoms with van der Waals surface area (Å²) in [7, 11) is 0. The molecule has 3 aromatic carbocycles. The largest absolute Gasteiger partial charge is 1.00 e. The van der Waals surface area contributed by atoms with Crippen molar-refractivity contribution in [2.24, 2.45) is 0 Å². The number of hydrogen-bond acceptors (Lipinski definition) is 14. The van der Waals surface area contributed by atoms with E-state index in [9.17, 15) is 54.3 Å². The zero-order chi connectivity index (χ0) is 36.4. The van der Waals surface area contributed by atoms with Gasteiger partial charge in [-0.25, -0.2) is 0 Å². The number of rotatable bonds is 12. The Morgan fingerprint density at radius 3 is 1.96 bits per heavy atom. The molecule has 1 aliphatic heterocycles. The van der Waals surface area contributed by atoms with Gasteiger partial charge in [0.1, 0.15) is 23.7 Å². The maximum atomic E-state index is 13.3. The first-order valence-corrected chi connectivity index (χ1v) is 14.7. The Labute approximate surface area is 534 Å². The number of anilines is 2. The van der Waals surface area contributed by atoms with Gasteiger partial charge in [0.25, 0.3) is 5.91 Å². The molecule has 15 nitrogen and oxygen atoms in total. The molecule has 0 saturated carbocycles. The van der Waals surface area contributed by atoms with Crippen LogP contribution in [0.2, 0.25) is 10.0 Å². The fourth-order valence-electron chi connectivity index (χ4n) is 5.10. The minimum atomic E-state index is -1.72. The van der Waals surface area contributed by atoms with E-state index in [1.54, 1.807) is 0 Å². The van der Waals surface area contributed by atoms with Gasteiger partial charge in [0.2, 0.25) is 5.43 Å². The summed E-state index contributed by atoms with van der Waals surface area (Å²) in [5.41, 5.74) is -1.37. The van der Waals surface area contributed by atoms with Gasteiger partial charge in [-0.15, -0.1) is 0 Å². The molecule has 55 heavy (non-hydrogen) atoms. The molecule has 1 heterocycles. The SMILES string of the molecule is O=C([O-])COc1cc(NC(=O)c2ccc(-c3c4cc(Cl)c(=O)cc-4oc4cc([O-])c(Cl)cc34)c(C(=O)[O-])c2)ccc1N(CC(=O)[O-])CC(=O)[O-].[K+].[K+].[K+].[K+].[K+]. The van der Waals surface area contributed by atoms with Crippen molar-refractivity contribution in [3.05, 3.63) is 92.1 Å². The number of carbonyl (C=O) groups is 5. The van der Waals surface area contributed by atoms with Gasteiger partial charge in [-0.1, -0.05) is 35.0 Å². The van der Waals surface area contributed by atoms with Crippen molar-refractivity contribution in [2.45, 2.75) is 0 Å². The van der Waals surface area contributed by atoms with Gasteiger partial charge in [0.15, 0.2) is 0 Å². The van der Waals surface area contributed by atoms with E-state index in [0.717, 1.165) is 35.2 Å². The van der Waals surface area contributed by atoms with Crippen LogP contribution in [-0.4, -0.2) is 49.5 Å². The second kappa shape index (κ2) is 25.7. The van der Waals surface area contributed by atoms with Crippen LogP contribution in [-0.2, 0) is 14.4 Å². The first-order valence-electron chi connectivity index (χ1n) is 14.0. The van der Waals surface area contributed by atoms with Gasteiger partial charge in [-0.05, 0) is 48.0 Å². The molecule has 256 valence electrons. The van der Waals surface area contributed by atoms with E-state index in [1.807, 2.05) is 0 Å². The molecule has 0 aromatic heterocycles. The molecule has 0 spiro atoms. The zero-order valence-corrected chi connectivity index (χ0v) is 47.0. The van der Waals surface area contributed by atoms with Gasteiger partial charge in [0.05, 0.1) is 47.7 Å². The molecule has 1 aliphatic carbocycles. The topological polar surface area (TPSA) is 255 Å². The van der Waals surface area contributed by atoms with Crippen molar-refractivity contribution in [1.29, 1.82) is 0 Å². The Kier molecular flexibility index (Phi) is 26.6. The molecule has 5 rings (SSSR count). The van der Waals surface area contributed by atoms with Gasteiger partial charge in [-0.3, -0.25) is 9.59 Å². The molecule has 0 radical (unpaired) electrons. The number of nitrogens with zero attached hydrogens (tertiary/aromatic N) is 1. The average molecular weight is 916 g/mol. The van der Waals surface area contributed by atoms with Crippen LogP contribution in [0, 0.1) is 0 Å². The zero-order valence-electron chi connectivity index (χ0n) is 29.9. The number of nitrogens with one attached hydrogen (secondary N) is 1. The van der Waals surface area contributed by atoms with Crippen LogP contribution in [0.4, 0.5) is 11.4 Å². The van der Waals surface area contributed by atoms with Gasteiger partial charge < -0.3 is 64.1 Å². The fraction of sp³-hybridized carbons (Fsp3) is 0.0909. The summed E-state index contributed by atoms with van der Waals surface area (Å²) in [6.07, 6.45) is 0. The number of benzene rings is 4. The number of carboxylic acid groups (broad SMARTS) is 4. The van der Waals surface area contributed by atoms with E-state index in [4.69, 9.17) is 32.4 Å². The van der Waals surface area contributed by atoms with Crippen molar-refractivity contribution < 1.29 is 316 Å². The van der Waals surface area contributed by atoms with Crippen LogP contribution in [0.3, 0.4) is 0 Å². The molecule has 0 fully saturated rings. The molecule has 0 saturated heterocycles. The number of ether oxygens (including phenoxy) is 1. The number of aliphatic carboxylic acids is 3. The van der Waals surface area contributed by atoms with Crippen molar-refractivity contribution in [1.82, 2.24) is 0 Å². The first-order chi connectivity index (χ1) is 23.6. The standard InChI is InChI=1S/C33H22Cl2N2O13.5K/c34-20-7-18-25(9-23(20)38)50-26-10-24(39)21(35)8-19(26)31(18)16-3-1-14(5-17(16)33(47)48)32(46)36-15-2-4-22(27(6-15)49-13-30(44)45)37(11-28(40)41)12-29(42)43;;;;;/h1-10,38H,11-13H2,(H,36,46)(H,40,41)(H,42,43)(H,44,45)(H,47,48);;;;;/q;5*+1/p-5. The summed E-state index contributed by atoms with van der Waals surface area (Å²) in [6, 6.07) is 11.5. The Morgan fingerprint density at radius 1 is 0.745 bits per heavy atom. The maximum absolute atomic E-state index is 13.3. The van der Waals surface area contributed by atoms with Crippen molar-refractivity contribution in [2.75, 3.05) is 29.9 Å². The predicted molar refractivity (Wildman–Crippen MR) is 165 cm³/mol. The second-order valence-corrected chi connectivity index (χ2v) is 11.3. The smallest absolute Gasteiger partial charge is 0.871 e. The number of hydrogen-bond donors (Lipinski definition) is 1. The number of halogens is 2. The van der Waals surface area contributed by atoms with E-state index >= 15 is 0 Å². The maximum Gasteiger partial charge on any atom is 1.00 e. The minimum Gasteiger partial charge on any atom is -0.871 e. The van der Waals surface area contributed by atoms with E-state index in [0.29, 0.717) is 0 Å². The van der Waals surface area contributed by atoms with Crippen LogP contribution < -0.4 is 303 Å². The monoisotopic (exact) mass is 914 g/mol. The molecular formula is C33H17Cl2K5N2O13. The van der Waals surface area contributed by atoms with Crippen molar-refractivity contribution in [3.63, 3.8) is 0 Å². The molecule has 0 bridgehead atoms. The van der Waals surface area contributed by atoms with Crippen molar-refractivity contribution in [3.8, 4) is 33.9 Å². The molecule has 0 unspecified atom stereocenters. The molecule has 3 aromatic rings. The summed E-state index contributed by atoms with van der Waals surface area (Å²) >= 11 is 12.2. The van der Waals surface area contributed by atoms with Gasteiger partial charge in [0, 0.05) is 50.5 Å². The second-order valence-electron chi connectivity index (χ2n) is 10.5. The summed E-state index contributed by atoms with van der Waals surface area (Å²) in [6.45, 7) is -2.94. The van der Waals surface area contributed by atoms with E-state index < -0.39 is 66.2 Å². The fourth-order valence-corrected chi connectivity index (χ4v) is 5.43. The summed E-state index contributed by atoms with van der Waals surface area (Å²) in [4.78, 5) is 72.4. The molecular weight excluding hydrogens is 899 g/mol. The summed E-state index contributed by atoms with van der Waals surface area (Å²) < 4.78 is 10.9. The molecule has 1 amide bonds. The predicted octanol–water partition coefficient (Wildman–Crippen LogP) is -16.0. The average Bonchev–Trinajstić information content (AvgIpc) is 3.03. The number of carbonyl (C=O) groups excluding carboxylic acids is 5. The van der Waals surface area contributed by atoms with Crippen LogP contribution in [0.15, 0.2) is 69.9 Å². The Balaban J connectivity index is 0.00000583. The third kappa shape index (κ3) is 14.7. The van der Waals surface area contributed by atoms with Crippen LogP contribution in [0.5, 0.6) is 11.5 Å². The summed E-state index contributed by atoms with van der Waals surface area (Å²) in [5.74, 6) is -8.66. The van der Waals surface area contributed by atoms with Crippen molar-refractivity contribution >= 4 is 75.3 Å². The molecule has 0 atom stereocenters. The van der Waals surface area contributed by atoms with Crippen LogP contribution >= 0.6 is 23.2 Å². The van der Waals surface area contributed by atoms with Crippen LogP contribution in [0.1, 0.15) is 20.7 Å². The Morgan fingerprint density at radius 2 is 1.38 bits per heavy atom. The third-order valence-corrected chi connectivity index (χ3v) is 7.73. The Hall–Kier alpha value is 1.86. The number of aromatic carboxylic acids is 1. The first kappa shape index (κ1) is 56.9. The van der Waals surface area contributed by atoms with Gasteiger partial charge in [-0.2, -0.15) is 0 Å². The quantitative estimate of drug-likeness (QED) is 0.0902. The normalized spacial score (nSPS) is 9.93. The Bertz CT molecular complexity index is 2280. The van der Waals surface area contributed by atoms with E-state index in [-0.39, 0.29) is 323 Å². The van der Waals surface area contributed by atoms with E-state index in [2.05, 4.69) is 5.32 Å². The molecule has 22 heteroatoms. The number of amides is 1. The van der Waals surface area contributed by atoms with Gasteiger partial charge >= 0.3 is 257 Å². The number of fused-ring (bicyclic) bond motifs is 2. The van der Waals surface area contributed by atoms with E-state index in [1.165, 1.54) is 30.3 Å². The van der Waals surface area contributed by atoms with Crippen LogP contribution in [0.25, 0.3) is 33.4 Å². The third-order valence-electron chi connectivity index (χ3n) is 7.14.